The number of ether oxygens (including phenoxy) is 2. The lowest BCUT2D eigenvalue weighted by atomic mass is 9.56. The average Bonchev–Trinajstić information content (AvgIpc) is 3.59. The Morgan fingerprint density at radius 1 is 1.21 bits per heavy atom. The molecule has 5 unspecified atom stereocenters. The van der Waals surface area contributed by atoms with Gasteiger partial charge in [0.1, 0.15) is 12.8 Å². The first-order valence-electron chi connectivity index (χ1n) is 14.5. The molecule has 0 bridgehead atoms. The summed E-state index contributed by atoms with van der Waals surface area (Å²) < 4.78 is 11.3. The third kappa shape index (κ3) is 5.24. The number of epoxide rings is 1. The molecule has 9 heteroatoms. The lowest BCUT2D eigenvalue weighted by Gasteiger charge is -2.42. The van der Waals surface area contributed by atoms with Crippen molar-refractivity contribution < 1.29 is 39.4 Å². The summed E-state index contributed by atoms with van der Waals surface area (Å²) in [6.45, 7) is 6.22. The van der Waals surface area contributed by atoms with Crippen molar-refractivity contribution in [3.05, 3.63) is 11.1 Å². The molecule has 2 saturated heterocycles. The molecule has 0 aromatic rings. The quantitative estimate of drug-likeness (QED) is 0.132. The van der Waals surface area contributed by atoms with Crippen molar-refractivity contribution in [1.82, 2.24) is 0 Å². The molecule has 6 N–H and O–H groups in total. The number of fused-ring (bicyclic) bond motifs is 2. The fraction of sp³-hybridized carbons (Fsp3) is 0.828. The van der Waals surface area contributed by atoms with E-state index >= 15 is 0 Å². The first-order chi connectivity index (χ1) is 18.1. The monoisotopic (exact) mass is 535 g/mol. The molecule has 4 aliphatic rings. The van der Waals surface area contributed by atoms with Crippen molar-refractivity contribution in [1.29, 1.82) is 0 Å². The molecular weight excluding hydrogens is 488 g/mol. The topological polar surface area (TPSA) is 156 Å². The van der Waals surface area contributed by atoms with Gasteiger partial charge in [-0.15, -0.1) is 0 Å². The zero-order valence-electron chi connectivity index (χ0n) is 23.2. The highest BCUT2D eigenvalue weighted by atomic mass is 16.7. The molecule has 4 fully saturated rings. The van der Waals surface area contributed by atoms with Crippen LogP contribution in [0.25, 0.3) is 0 Å². The van der Waals surface area contributed by atoms with Crippen LogP contribution in [0.3, 0.4) is 0 Å². The molecule has 7 atom stereocenters. The van der Waals surface area contributed by atoms with E-state index in [0.717, 1.165) is 57.1 Å². The molecule has 0 aromatic heterocycles. The molecule has 2 saturated carbocycles. The zero-order valence-corrected chi connectivity index (χ0v) is 23.2. The second-order valence-corrected chi connectivity index (χ2v) is 12.5. The number of nitrogens with two attached hydrogens (primary N) is 2. The van der Waals surface area contributed by atoms with Gasteiger partial charge in [-0.05, 0) is 68.8 Å². The summed E-state index contributed by atoms with van der Waals surface area (Å²) in [6.07, 6.45) is 6.95. The van der Waals surface area contributed by atoms with E-state index in [9.17, 15) is 24.6 Å². The van der Waals surface area contributed by atoms with E-state index in [1.807, 2.05) is 6.92 Å². The molecule has 38 heavy (non-hydrogen) atoms. The maximum Gasteiger partial charge on any atom is 0.350 e. The predicted octanol–water partition coefficient (Wildman–Crippen LogP) is 0.997. The normalized spacial score (nSPS) is 37.4. The lowest BCUT2D eigenvalue weighted by molar-refractivity contribution is -0.699. The van der Waals surface area contributed by atoms with Crippen LogP contribution in [0.15, 0.2) is 11.1 Å². The Kier molecular flexibility index (Phi) is 9.14. The van der Waals surface area contributed by atoms with Crippen molar-refractivity contribution in [3.8, 4) is 0 Å². The molecule has 0 spiro atoms. The van der Waals surface area contributed by atoms with Crippen molar-refractivity contribution in [2.45, 2.75) is 95.9 Å². The Balaban J connectivity index is 1.62. The number of allylic oxidation sites excluding steroid dienone is 1. The van der Waals surface area contributed by atoms with Gasteiger partial charge in [0.25, 0.3) is 5.60 Å². The number of carbonyl (C=O) groups is 3. The standard InChI is InChI=1S/C29H46N2O7/c1-17(2)13-20-5-4-6-22-24(20)26(35)29(27(36)37-12-11-32)28(38-29,25(22)34)15-21(16-33)18(3)7-8-19-9-10-31-23(30)14-19/h17,19-20,22-24,31-33H,4-16,30H2,1-3H3/p+1/t19?,20?,22?,23?,24?,28-,29+/m0/s1. The van der Waals surface area contributed by atoms with Gasteiger partial charge in [-0.25, -0.2) is 4.79 Å². The minimum atomic E-state index is -1.99. The molecule has 2 aliphatic carbocycles. The first kappa shape index (κ1) is 29.3. The van der Waals surface area contributed by atoms with Gasteiger partial charge in [-0.3, -0.25) is 15.3 Å². The van der Waals surface area contributed by atoms with Crippen LogP contribution in [0.4, 0.5) is 0 Å². The van der Waals surface area contributed by atoms with E-state index in [-0.39, 0.29) is 49.9 Å². The van der Waals surface area contributed by atoms with Gasteiger partial charge in [-0.1, -0.05) is 25.8 Å². The van der Waals surface area contributed by atoms with Crippen molar-refractivity contribution in [3.63, 3.8) is 0 Å². The minimum Gasteiger partial charge on any atom is -0.461 e. The summed E-state index contributed by atoms with van der Waals surface area (Å²) in [5, 5.41) is 21.7. The van der Waals surface area contributed by atoms with Crippen LogP contribution in [0.5, 0.6) is 0 Å². The van der Waals surface area contributed by atoms with Crippen LogP contribution in [0.2, 0.25) is 0 Å². The maximum absolute atomic E-state index is 14.1. The molecule has 214 valence electrons. The van der Waals surface area contributed by atoms with E-state index < -0.39 is 29.0 Å². The lowest BCUT2D eigenvalue weighted by Crippen LogP contribution is -2.94. The fourth-order valence-corrected chi connectivity index (χ4v) is 7.53. The Labute approximate surface area is 225 Å². The van der Waals surface area contributed by atoms with E-state index in [4.69, 9.17) is 15.2 Å². The first-order valence-corrected chi connectivity index (χ1v) is 14.5. The number of aliphatic hydroxyl groups excluding tert-OH is 2. The Hall–Kier alpha value is -1.65. The van der Waals surface area contributed by atoms with Crippen molar-refractivity contribution in [2.75, 3.05) is 26.4 Å². The summed E-state index contributed by atoms with van der Waals surface area (Å²) in [7, 11) is 0. The number of hydrogen-bond donors (Lipinski definition) is 4. The van der Waals surface area contributed by atoms with Crippen LogP contribution in [-0.2, 0) is 23.9 Å². The minimum absolute atomic E-state index is 0.00412. The number of ketones is 2. The van der Waals surface area contributed by atoms with Crippen LogP contribution in [0.1, 0.15) is 78.6 Å². The summed E-state index contributed by atoms with van der Waals surface area (Å²) in [5.74, 6) is -1.61. The molecule has 0 radical (unpaired) electrons. The highest BCUT2D eigenvalue weighted by molar-refractivity contribution is 6.23. The van der Waals surface area contributed by atoms with Gasteiger partial charge in [0.2, 0.25) is 0 Å². The third-order valence-electron chi connectivity index (χ3n) is 9.49. The molecule has 0 aromatic carbocycles. The highest BCUT2D eigenvalue weighted by Gasteiger charge is 2.87. The number of quaternary nitrogens is 1. The molecule has 0 amide bonds. The Bertz CT molecular complexity index is 949. The highest BCUT2D eigenvalue weighted by Crippen LogP contribution is 2.63. The molecular formula is C29H47N2O7+. The van der Waals surface area contributed by atoms with Crippen LogP contribution >= 0.6 is 0 Å². The Morgan fingerprint density at radius 3 is 2.63 bits per heavy atom. The second kappa shape index (κ2) is 11.8. The molecule has 2 heterocycles. The number of piperidine rings is 1. The summed E-state index contributed by atoms with van der Waals surface area (Å²) in [5.41, 5.74) is 4.08. The number of carbonyl (C=O) groups excluding carboxylic acids is 3. The fourth-order valence-electron chi connectivity index (χ4n) is 7.53. The van der Waals surface area contributed by atoms with E-state index in [0.29, 0.717) is 23.8 Å². The average molecular weight is 536 g/mol. The number of Topliss-reactive ketones (excluding diaryl/α,β-unsaturated/α-hetero) is 2. The number of aliphatic hydroxyl groups is 2. The number of esters is 1. The number of rotatable bonds is 11. The molecule has 9 nitrogen and oxygen atoms in total. The smallest absolute Gasteiger partial charge is 0.350 e. The molecule has 4 rings (SSSR count). The second-order valence-electron chi connectivity index (χ2n) is 12.5. The third-order valence-corrected chi connectivity index (χ3v) is 9.49. The predicted molar refractivity (Wildman–Crippen MR) is 140 cm³/mol. The number of hydrogen-bond acceptors (Lipinski definition) is 8. The largest absolute Gasteiger partial charge is 0.461 e. The van der Waals surface area contributed by atoms with Crippen molar-refractivity contribution in [2.24, 2.45) is 35.3 Å². The van der Waals surface area contributed by atoms with Crippen LogP contribution < -0.4 is 11.1 Å². The van der Waals surface area contributed by atoms with E-state index in [2.05, 4.69) is 19.2 Å². The Morgan fingerprint density at radius 2 is 1.97 bits per heavy atom. The molecule has 2 aliphatic heterocycles. The zero-order chi connectivity index (χ0) is 27.7. The van der Waals surface area contributed by atoms with Gasteiger partial charge in [0, 0.05) is 24.7 Å². The van der Waals surface area contributed by atoms with Gasteiger partial charge in [0.15, 0.2) is 17.2 Å². The van der Waals surface area contributed by atoms with Crippen LogP contribution in [0, 0.1) is 29.6 Å². The van der Waals surface area contributed by atoms with E-state index in [1.54, 1.807) is 0 Å². The summed E-state index contributed by atoms with van der Waals surface area (Å²) in [6, 6.07) is 0. The van der Waals surface area contributed by atoms with Gasteiger partial charge < -0.3 is 25.0 Å². The van der Waals surface area contributed by atoms with Gasteiger partial charge in [-0.2, -0.15) is 0 Å². The summed E-state index contributed by atoms with van der Waals surface area (Å²) in [4.78, 5) is 41.6. The SMILES string of the molecule is CC(CCC1CC[NH2+]C(N)C1)=C(CO)C[C@@]12O[C@@]1(C(=O)OCCO)C(=O)C1C(CC(C)C)CCCC1C2=O. The van der Waals surface area contributed by atoms with Gasteiger partial charge in [0.05, 0.1) is 19.8 Å². The van der Waals surface area contributed by atoms with Crippen LogP contribution in [-0.4, -0.2) is 71.5 Å². The van der Waals surface area contributed by atoms with Gasteiger partial charge >= 0.3 is 5.97 Å². The van der Waals surface area contributed by atoms with Crippen molar-refractivity contribution >= 4 is 17.5 Å². The maximum atomic E-state index is 14.1. The summed E-state index contributed by atoms with van der Waals surface area (Å²) >= 11 is 0. The van der Waals surface area contributed by atoms with E-state index in [1.165, 1.54) is 0 Å².